The molecule has 1 aromatic heterocycles. The number of Topliss-reactive ketones (excluding diaryl/α,β-unsaturated/α-hetero) is 1. The number of hydrogen-bond donors (Lipinski definition) is 0. The van der Waals surface area contributed by atoms with Crippen molar-refractivity contribution in [3.8, 4) is 0 Å². The lowest BCUT2D eigenvalue weighted by atomic mass is 10.0. The number of benzene rings is 2. The maximum atomic E-state index is 13.1. The molecule has 0 saturated carbocycles. The average molecular weight is 319 g/mol. The fourth-order valence-corrected chi connectivity index (χ4v) is 3.49. The van der Waals surface area contributed by atoms with Crippen LogP contribution in [0.4, 0.5) is 0 Å². The van der Waals surface area contributed by atoms with Crippen molar-refractivity contribution >= 4 is 22.5 Å². The third-order valence-corrected chi connectivity index (χ3v) is 4.44. The Morgan fingerprint density at radius 2 is 1.62 bits per heavy atom. The van der Waals surface area contributed by atoms with Gasteiger partial charge in [0.2, 0.25) is 0 Å². The van der Waals surface area contributed by atoms with Crippen LogP contribution in [0.25, 0.3) is 10.9 Å². The predicted molar refractivity (Wildman–Crippen MR) is 96.6 cm³/mol. The number of ketones is 2. The Kier molecular flexibility index (Phi) is 4.34. The Labute approximate surface area is 141 Å². The summed E-state index contributed by atoms with van der Waals surface area (Å²) in [5.41, 5.74) is 3.33. The molecule has 1 atom stereocenters. The third-order valence-electron chi connectivity index (χ3n) is 4.44. The fourth-order valence-electron chi connectivity index (χ4n) is 3.49. The molecule has 3 nitrogen and oxygen atoms in total. The number of aromatic nitrogens is 1. The van der Waals surface area contributed by atoms with Crippen LogP contribution in [0.15, 0.2) is 54.6 Å². The zero-order valence-electron chi connectivity index (χ0n) is 14.2. The molecule has 1 heterocycles. The lowest BCUT2D eigenvalue weighted by Gasteiger charge is -2.16. The smallest absolute Gasteiger partial charge is 0.195 e. The highest BCUT2D eigenvalue weighted by Gasteiger charge is 2.23. The molecule has 0 fully saturated rings. The molecule has 24 heavy (non-hydrogen) atoms. The van der Waals surface area contributed by atoms with Crippen molar-refractivity contribution in [3.05, 3.63) is 71.4 Å². The topological polar surface area (TPSA) is 39.1 Å². The van der Waals surface area contributed by atoms with E-state index in [0.29, 0.717) is 12.0 Å². The lowest BCUT2D eigenvalue weighted by Crippen LogP contribution is -2.11. The van der Waals surface area contributed by atoms with Gasteiger partial charge in [0, 0.05) is 34.6 Å². The zero-order valence-corrected chi connectivity index (χ0v) is 14.2. The van der Waals surface area contributed by atoms with E-state index in [4.69, 9.17) is 0 Å². The normalized spacial score (nSPS) is 12.3. The second-order valence-electron chi connectivity index (χ2n) is 6.30. The van der Waals surface area contributed by atoms with Gasteiger partial charge in [-0.15, -0.1) is 0 Å². The molecule has 0 saturated heterocycles. The molecule has 3 rings (SSSR count). The standard InChI is InChI=1S/C21H21NO2/c1-14(13-15(2)23)22-16(3)20(18-11-7-8-12-19(18)22)21(24)17-9-5-4-6-10-17/h4-12,14H,13H2,1-3H3. The molecule has 122 valence electrons. The Morgan fingerprint density at radius 1 is 1.00 bits per heavy atom. The lowest BCUT2D eigenvalue weighted by molar-refractivity contribution is -0.117. The maximum absolute atomic E-state index is 13.1. The second-order valence-corrected chi connectivity index (χ2v) is 6.30. The molecule has 1 unspecified atom stereocenters. The summed E-state index contributed by atoms with van der Waals surface area (Å²) in [4.78, 5) is 24.6. The van der Waals surface area contributed by atoms with E-state index in [2.05, 4.69) is 4.57 Å². The van der Waals surface area contributed by atoms with Gasteiger partial charge >= 0.3 is 0 Å². The van der Waals surface area contributed by atoms with Gasteiger partial charge < -0.3 is 4.57 Å². The summed E-state index contributed by atoms with van der Waals surface area (Å²) in [6.45, 7) is 5.60. The number of carbonyl (C=O) groups excluding carboxylic acids is 2. The fraction of sp³-hybridized carbons (Fsp3) is 0.238. The van der Waals surface area contributed by atoms with E-state index in [0.717, 1.165) is 22.2 Å². The first-order chi connectivity index (χ1) is 11.5. The summed E-state index contributed by atoms with van der Waals surface area (Å²) < 4.78 is 2.12. The van der Waals surface area contributed by atoms with Gasteiger partial charge in [0.1, 0.15) is 5.78 Å². The van der Waals surface area contributed by atoms with Crippen LogP contribution in [-0.4, -0.2) is 16.1 Å². The van der Waals surface area contributed by atoms with Gasteiger partial charge in [-0.25, -0.2) is 0 Å². The Bertz CT molecular complexity index is 906. The van der Waals surface area contributed by atoms with Crippen molar-refractivity contribution in [2.75, 3.05) is 0 Å². The largest absolute Gasteiger partial charge is 0.341 e. The Hall–Kier alpha value is -2.68. The molecule has 0 bridgehead atoms. The van der Waals surface area contributed by atoms with Crippen molar-refractivity contribution in [3.63, 3.8) is 0 Å². The van der Waals surface area contributed by atoms with Gasteiger partial charge in [-0.05, 0) is 26.8 Å². The van der Waals surface area contributed by atoms with Crippen LogP contribution < -0.4 is 0 Å². The monoisotopic (exact) mass is 319 g/mol. The van der Waals surface area contributed by atoms with Crippen LogP contribution in [0.1, 0.15) is 47.9 Å². The highest BCUT2D eigenvalue weighted by Crippen LogP contribution is 2.31. The van der Waals surface area contributed by atoms with Crippen LogP contribution in [0.3, 0.4) is 0 Å². The molecule has 0 amide bonds. The van der Waals surface area contributed by atoms with Gasteiger partial charge in [-0.2, -0.15) is 0 Å². The predicted octanol–water partition coefficient (Wildman–Crippen LogP) is 4.72. The summed E-state index contributed by atoms with van der Waals surface area (Å²) in [6.07, 6.45) is 0.457. The van der Waals surface area contributed by atoms with Crippen LogP contribution in [0.2, 0.25) is 0 Å². The van der Waals surface area contributed by atoms with Gasteiger partial charge in [0.15, 0.2) is 5.78 Å². The highest BCUT2D eigenvalue weighted by atomic mass is 16.1. The molecule has 3 aromatic rings. The summed E-state index contributed by atoms with van der Waals surface area (Å²) in [5, 5.41) is 0.944. The number of para-hydroxylation sites is 1. The molecule has 0 radical (unpaired) electrons. The molecular formula is C21H21NO2. The van der Waals surface area contributed by atoms with Gasteiger partial charge in [-0.1, -0.05) is 48.5 Å². The van der Waals surface area contributed by atoms with Crippen molar-refractivity contribution in [2.24, 2.45) is 0 Å². The van der Waals surface area contributed by atoms with Crippen molar-refractivity contribution in [1.82, 2.24) is 4.57 Å². The molecule has 0 aliphatic heterocycles. The number of carbonyl (C=O) groups is 2. The molecule has 0 aliphatic rings. The minimum absolute atomic E-state index is 0.0183. The Balaban J connectivity index is 2.21. The van der Waals surface area contributed by atoms with E-state index >= 15 is 0 Å². The van der Waals surface area contributed by atoms with Gasteiger partial charge in [0.25, 0.3) is 0 Å². The van der Waals surface area contributed by atoms with Crippen LogP contribution >= 0.6 is 0 Å². The van der Waals surface area contributed by atoms with E-state index in [9.17, 15) is 9.59 Å². The summed E-state index contributed by atoms with van der Waals surface area (Å²) in [5.74, 6) is 0.175. The number of rotatable bonds is 5. The van der Waals surface area contributed by atoms with E-state index in [1.165, 1.54) is 0 Å². The van der Waals surface area contributed by atoms with Crippen LogP contribution in [-0.2, 0) is 4.79 Å². The van der Waals surface area contributed by atoms with Gasteiger partial charge in [0.05, 0.1) is 5.56 Å². The Morgan fingerprint density at radius 3 is 2.29 bits per heavy atom. The molecule has 0 N–H and O–H groups in total. The summed E-state index contributed by atoms with van der Waals surface area (Å²) >= 11 is 0. The average Bonchev–Trinajstić information content (AvgIpc) is 2.86. The van der Waals surface area contributed by atoms with E-state index < -0.39 is 0 Å². The number of fused-ring (bicyclic) bond motifs is 1. The number of nitrogens with zero attached hydrogens (tertiary/aromatic N) is 1. The first-order valence-electron chi connectivity index (χ1n) is 8.19. The van der Waals surface area contributed by atoms with E-state index in [1.54, 1.807) is 6.92 Å². The molecule has 3 heteroatoms. The quantitative estimate of drug-likeness (QED) is 0.638. The SMILES string of the molecule is CC(=O)CC(C)n1c(C)c(C(=O)c2ccccc2)c2ccccc21. The minimum atomic E-state index is 0.0183. The van der Waals surface area contributed by atoms with Crippen molar-refractivity contribution in [2.45, 2.75) is 33.2 Å². The highest BCUT2D eigenvalue weighted by molar-refractivity contribution is 6.17. The first-order valence-corrected chi connectivity index (χ1v) is 8.19. The van der Waals surface area contributed by atoms with Crippen LogP contribution in [0, 0.1) is 6.92 Å². The third kappa shape index (κ3) is 2.78. The zero-order chi connectivity index (χ0) is 17.3. The van der Waals surface area contributed by atoms with E-state index in [-0.39, 0.29) is 17.6 Å². The second kappa shape index (κ2) is 6.44. The number of hydrogen-bond acceptors (Lipinski definition) is 2. The summed E-state index contributed by atoms with van der Waals surface area (Å²) in [6, 6.07) is 17.3. The van der Waals surface area contributed by atoms with E-state index in [1.807, 2.05) is 68.4 Å². The molecule has 0 aliphatic carbocycles. The van der Waals surface area contributed by atoms with Crippen molar-refractivity contribution < 1.29 is 9.59 Å². The summed E-state index contributed by atoms with van der Waals surface area (Å²) in [7, 11) is 0. The van der Waals surface area contributed by atoms with Crippen molar-refractivity contribution in [1.29, 1.82) is 0 Å². The van der Waals surface area contributed by atoms with Gasteiger partial charge in [-0.3, -0.25) is 9.59 Å². The molecule has 2 aromatic carbocycles. The maximum Gasteiger partial charge on any atom is 0.195 e. The molecule has 0 spiro atoms. The van der Waals surface area contributed by atoms with Crippen LogP contribution in [0.5, 0.6) is 0 Å². The molecular weight excluding hydrogens is 298 g/mol. The minimum Gasteiger partial charge on any atom is -0.341 e. The first kappa shape index (κ1) is 16.2.